The van der Waals surface area contributed by atoms with Gasteiger partial charge in [0, 0.05) is 24.6 Å². The lowest BCUT2D eigenvalue weighted by molar-refractivity contribution is -0.120. The number of nitrogens with two attached hydrogens (primary N) is 1. The molecule has 0 spiro atoms. The molecule has 1 aliphatic rings. The second-order valence-electron chi connectivity index (χ2n) is 4.95. The van der Waals surface area contributed by atoms with E-state index in [1.54, 1.807) is 0 Å². The smallest absolute Gasteiger partial charge is 0.239 e. The average Bonchev–Trinajstić information content (AvgIpc) is 2.38. The van der Waals surface area contributed by atoms with E-state index in [4.69, 9.17) is 5.84 Å². The number of aromatic nitrogens is 2. The van der Waals surface area contributed by atoms with Crippen LogP contribution in [-0.2, 0) is 4.79 Å². The molecule has 1 saturated heterocycles. The third kappa shape index (κ3) is 2.76. The Labute approximate surface area is 112 Å². The molecule has 0 atom stereocenters. The minimum absolute atomic E-state index is 0.0117. The first-order chi connectivity index (χ1) is 9.02. The number of hydrogen-bond acceptors (Lipinski definition) is 6. The molecule has 104 valence electrons. The van der Waals surface area contributed by atoms with Crippen LogP contribution in [0.15, 0.2) is 0 Å². The number of carbonyl (C=O) groups is 1. The molecule has 0 unspecified atom stereocenters. The third-order valence-electron chi connectivity index (χ3n) is 3.13. The van der Waals surface area contributed by atoms with Crippen molar-refractivity contribution in [2.75, 3.05) is 30.0 Å². The molecular weight excluding hydrogens is 244 g/mol. The molecule has 2 rings (SSSR count). The molecule has 1 amide bonds. The molecule has 0 aromatic carbocycles. The number of nitrogen functional groups attached to an aromatic ring is 1. The van der Waals surface area contributed by atoms with Gasteiger partial charge in [-0.1, -0.05) is 13.8 Å². The summed E-state index contributed by atoms with van der Waals surface area (Å²) in [6.45, 7) is 7.64. The highest BCUT2D eigenvalue weighted by molar-refractivity contribution is 5.82. The zero-order valence-corrected chi connectivity index (χ0v) is 11.5. The predicted molar refractivity (Wildman–Crippen MR) is 73.9 cm³/mol. The summed E-state index contributed by atoms with van der Waals surface area (Å²) in [5, 5.41) is 2.80. The van der Waals surface area contributed by atoms with Crippen LogP contribution >= 0.6 is 0 Å². The minimum atomic E-state index is 0.0117. The highest BCUT2D eigenvalue weighted by Crippen LogP contribution is 2.25. The van der Waals surface area contributed by atoms with Crippen LogP contribution in [0, 0.1) is 6.92 Å². The van der Waals surface area contributed by atoms with Crippen LogP contribution in [0.4, 0.5) is 11.6 Å². The maximum Gasteiger partial charge on any atom is 0.239 e. The Morgan fingerprint density at radius 3 is 2.74 bits per heavy atom. The number of anilines is 2. The lowest BCUT2D eigenvalue weighted by Gasteiger charge is -2.29. The second kappa shape index (κ2) is 5.40. The number of piperazine rings is 1. The van der Waals surface area contributed by atoms with Gasteiger partial charge in [-0.25, -0.2) is 15.8 Å². The van der Waals surface area contributed by atoms with Crippen molar-refractivity contribution in [2.45, 2.75) is 26.7 Å². The molecule has 0 radical (unpaired) electrons. The van der Waals surface area contributed by atoms with Crippen molar-refractivity contribution in [3.8, 4) is 0 Å². The Kier molecular flexibility index (Phi) is 3.84. The molecule has 0 aliphatic carbocycles. The van der Waals surface area contributed by atoms with E-state index in [1.165, 1.54) is 0 Å². The van der Waals surface area contributed by atoms with Gasteiger partial charge in [-0.2, -0.15) is 0 Å². The Bertz CT molecular complexity index is 487. The molecule has 0 bridgehead atoms. The monoisotopic (exact) mass is 264 g/mol. The van der Waals surface area contributed by atoms with Crippen LogP contribution in [0.3, 0.4) is 0 Å². The van der Waals surface area contributed by atoms with Crippen molar-refractivity contribution in [1.29, 1.82) is 0 Å². The fraction of sp³-hybridized carbons (Fsp3) is 0.583. The van der Waals surface area contributed by atoms with Crippen molar-refractivity contribution < 1.29 is 4.79 Å². The van der Waals surface area contributed by atoms with E-state index in [9.17, 15) is 4.79 Å². The van der Waals surface area contributed by atoms with Gasteiger partial charge in [-0.05, 0) is 6.92 Å². The van der Waals surface area contributed by atoms with Crippen molar-refractivity contribution in [3.05, 3.63) is 11.4 Å². The summed E-state index contributed by atoms with van der Waals surface area (Å²) in [6, 6.07) is 0. The number of rotatable bonds is 3. The zero-order valence-electron chi connectivity index (χ0n) is 11.5. The van der Waals surface area contributed by atoms with E-state index in [2.05, 4.69) is 20.7 Å². The van der Waals surface area contributed by atoms with Gasteiger partial charge < -0.3 is 15.6 Å². The SMILES string of the molecule is Cc1c(NN)nc(C(C)C)nc1N1CCNC(=O)C1. The molecule has 0 saturated carbocycles. The fourth-order valence-electron chi connectivity index (χ4n) is 2.05. The topological polar surface area (TPSA) is 96.2 Å². The quantitative estimate of drug-likeness (QED) is 0.530. The number of carbonyl (C=O) groups excluding carboxylic acids is 1. The number of hydrogen-bond donors (Lipinski definition) is 3. The molecular formula is C12H20N6O. The van der Waals surface area contributed by atoms with Crippen molar-refractivity contribution in [1.82, 2.24) is 15.3 Å². The molecule has 7 heteroatoms. The van der Waals surface area contributed by atoms with Crippen LogP contribution in [0.1, 0.15) is 31.2 Å². The molecule has 4 N–H and O–H groups in total. The average molecular weight is 264 g/mol. The first kappa shape index (κ1) is 13.5. The first-order valence-electron chi connectivity index (χ1n) is 6.39. The van der Waals surface area contributed by atoms with E-state index in [0.29, 0.717) is 18.9 Å². The fourth-order valence-corrected chi connectivity index (χ4v) is 2.05. The molecule has 1 aromatic heterocycles. The van der Waals surface area contributed by atoms with Crippen molar-refractivity contribution >= 4 is 17.5 Å². The van der Waals surface area contributed by atoms with Crippen LogP contribution < -0.4 is 21.5 Å². The van der Waals surface area contributed by atoms with Crippen LogP contribution in [0.2, 0.25) is 0 Å². The third-order valence-corrected chi connectivity index (χ3v) is 3.13. The molecule has 7 nitrogen and oxygen atoms in total. The van der Waals surface area contributed by atoms with E-state index in [-0.39, 0.29) is 11.8 Å². The summed E-state index contributed by atoms with van der Waals surface area (Å²) in [5.41, 5.74) is 3.47. The van der Waals surface area contributed by atoms with E-state index >= 15 is 0 Å². The summed E-state index contributed by atoms with van der Waals surface area (Å²) >= 11 is 0. The number of nitrogens with zero attached hydrogens (tertiary/aromatic N) is 3. The molecule has 2 heterocycles. The Hall–Kier alpha value is -1.89. The Balaban J connectivity index is 2.42. The van der Waals surface area contributed by atoms with E-state index in [1.807, 2.05) is 25.7 Å². The van der Waals surface area contributed by atoms with Gasteiger partial charge >= 0.3 is 0 Å². The Morgan fingerprint density at radius 1 is 1.42 bits per heavy atom. The van der Waals surface area contributed by atoms with Gasteiger partial charge in [-0.3, -0.25) is 4.79 Å². The minimum Gasteiger partial charge on any atom is -0.353 e. The predicted octanol–water partition coefficient (Wildman–Crippen LogP) is 0.130. The van der Waals surface area contributed by atoms with Gasteiger partial charge in [-0.15, -0.1) is 0 Å². The summed E-state index contributed by atoms with van der Waals surface area (Å²) in [7, 11) is 0. The van der Waals surface area contributed by atoms with E-state index < -0.39 is 0 Å². The second-order valence-corrected chi connectivity index (χ2v) is 4.95. The molecule has 19 heavy (non-hydrogen) atoms. The lowest BCUT2D eigenvalue weighted by atomic mass is 10.2. The highest BCUT2D eigenvalue weighted by Gasteiger charge is 2.22. The number of hydrazine groups is 1. The van der Waals surface area contributed by atoms with Gasteiger partial charge in [0.25, 0.3) is 0 Å². The molecule has 1 aliphatic heterocycles. The first-order valence-corrected chi connectivity index (χ1v) is 6.39. The Morgan fingerprint density at radius 2 is 2.16 bits per heavy atom. The van der Waals surface area contributed by atoms with Crippen molar-refractivity contribution in [3.63, 3.8) is 0 Å². The maximum absolute atomic E-state index is 11.5. The van der Waals surface area contributed by atoms with Gasteiger partial charge in [0.15, 0.2) is 0 Å². The maximum atomic E-state index is 11.5. The van der Waals surface area contributed by atoms with Gasteiger partial charge in [0.05, 0.1) is 6.54 Å². The summed E-state index contributed by atoms with van der Waals surface area (Å²) < 4.78 is 0. The van der Waals surface area contributed by atoms with Crippen molar-refractivity contribution in [2.24, 2.45) is 5.84 Å². The highest BCUT2D eigenvalue weighted by atomic mass is 16.2. The number of nitrogens with one attached hydrogen (secondary N) is 2. The summed E-state index contributed by atoms with van der Waals surface area (Å²) in [4.78, 5) is 22.4. The lowest BCUT2D eigenvalue weighted by Crippen LogP contribution is -2.48. The van der Waals surface area contributed by atoms with Crippen LogP contribution in [-0.4, -0.2) is 35.5 Å². The van der Waals surface area contributed by atoms with Crippen LogP contribution in [0.5, 0.6) is 0 Å². The number of amides is 1. The van der Waals surface area contributed by atoms with E-state index in [0.717, 1.165) is 23.8 Å². The molecule has 1 fully saturated rings. The van der Waals surface area contributed by atoms with Gasteiger partial charge in [0.2, 0.25) is 5.91 Å². The summed E-state index contributed by atoms with van der Waals surface area (Å²) in [6.07, 6.45) is 0. The van der Waals surface area contributed by atoms with Gasteiger partial charge in [0.1, 0.15) is 17.5 Å². The van der Waals surface area contributed by atoms with Crippen LogP contribution in [0.25, 0.3) is 0 Å². The summed E-state index contributed by atoms with van der Waals surface area (Å²) in [5.74, 6) is 7.83. The standard InChI is InChI=1S/C12H20N6O/c1-7(2)10-15-11(17-13)8(3)12(16-10)18-5-4-14-9(19)6-18/h7H,4-6,13H2,1-3H3,(H,14,19)(H,15,16,17). The largest absolute Gasteiger partial charge is 0.353 e. The molecule has 1 aromatic rings. The normalized spacial score (nSPS) is 15.6. The zero-order chi connectivity index (χ0) is 14.0.